The van der Waals surface area contributed by atoms with Crippen LogP contribution in [0.4, 0.5) is 13.2 Å². The number of halogens is 3. The summed E-state index contributed by atoms with van der Waals surface area (Å²) in [5.74, 6) is 0. The zero-order valence-corrected chi connectivity index (χ0v) is 13.3. The molecule has 0 radical (unpaired) electrons. The first-order valence-corrected chi connectivity index (χ1v) is 7.52. The van der Waals surface area contributed by atoms with Gasteiger partial charge in [0.2, 0.25) is 0 Å². The van der Waals surface area contributed by atoms with E-state index in [1.807, 2.05) is 4.90 Å². The molecule has 0 aromatic heterocycles. The number of fused-ring (bicyclic) bond motifs is 1. The Bertz CT molecular complexity index is 682. The van der Waals surface area contributed by atoms with Crippen LogP contribution in [0.25, 0.3) is 5.70 Å². The fraction of sp³-hybridized carbons (Fsp3) is 0.467. The molecule has 7 heteroatoms. The van der Waals surface area contributed by atoms with Gasteiger partial charge in [0.15, 0.2) is 0 Å². The van der Waals surface area contributed by atoms with E-state index in [4.69, 9.17) is 12.2 Å². The van der Waals surface area contributed by atoms with Gasteiger partial charge in [-0.25, -0.2) is 0 Å². The molecule has 0 spiro atoms. The zero-order chi connectivity index (χ0) is 16.3. The standard InChI is InChI=1S/C15H18F3N3S/c1-3-4-7-21-9-20-12-6-5-10(15(16,17)18)8-11(12)13(21)14(22)19-2/h5-6,8H,3-4,7,9H2,1-2H3,(H,19,22). The first-order valence-electron chi connectivity index (χ1n) is 7.11. The van der Waals surface area contributed by atoms with Crippen molar-refractivity contribution < 1.29 is 13.2 Å². The van der Waals surface area contributed by atoms with Crippen molar-refractivity contribution in [1.29, 1.82) is 0 Å². The number of hydrogen-bond acceptors (Lipinski definition) is 3. The quantitative estimate of drug-likeness (QED) is 0.857. The molecule has 1 aromatic carbocycles. The molecule has 2 rings (SSSR count). The van der Waals surface area contributed by atoms with Crippen molar-refractivity contribution in [3.05, 3.63) is 34.3 Å². The highest BCUT2D eigenvalue weighted by molar-refractivity contribution is 7.81. The van der Waals surface area contributed by atoms with Crippen LogP contribution in [0.3, 0.4) is 0 Å². The summed E-state index contributed by atoms with van der Waals surface area (Å²) < 4.78 is 38.9. The molecule has 0 amide bonds. The second kappa shape index (κ2) is 6.64. The van der Waals surface area contributed by atoms with E-state index in [0.717, 1.165) is 25.0 Å². The number of unbranched alkanes of at least 4 members (excludes halogenated alkanes) is 1. The van der Waals surface area contributed by atoms with Crippen molar-refractivity contribution in [3.63, 3.8) is 0 Å². The summed E-state index contributed by atoms with van der Waals surface area (Å²) in [5, 5.41) is 3.86. The minimum Gasteiger partial charge on any atom is -0.378 e. The summed E-state index contributed by atoms with van der Waals surface area (Å²) in [6.45, 7) is 3.19. The lowest BCUT2D eigenvalue weighted by Gasteiger charge is -2.28. The number of hydrogen-bond donors (Lipinski definition) is 1. The van der Waals surface area contributed by atoms with Crippen LogP contribution in [0, 0.1) is 0 Å². The third kappa shape index (κ3) is 3.40. The molecule has 1 heterocycles. The molecule has 0 saturated heterocycles. The third-order valence-corrected chi connectivity index (χ3v) is 3.93. The molecule has 1 aromatic rings. The van der Waals surface area contributed by atoms with Crippen LogP contribution < -0.4 is 15.9 Å². The molecule has 3 nitrogen and oxygen atoms in total. The van der Waals surface area contributed by atoms with Gasteiger partial charge in [0.25, 0.3) is 0 Å². The smallest absolute Gasteiger partial charge is 0.378 e. The van der Waals surface area contributed by atoms with E-state index in [1.165, 1.54) is 6.07 Å². The van der Waals surface area contributed by atoms with E-state index in [-0.39, 0.29) is 0 Å². The highest BCUT2D eigenvalue weighted by Gasteiger charge is 2.31. The number of thiocarbonyl (C=S) groups is 1. The maximum absolute atomic E-state index is 13.0. The van der Waals surface area contributed by atoms with Crippen molar-refractivity contribution in [3.8, 4) is 0 Å². The van der Waals surface area contributed by atoms with E-state index in [0.29, 0.717) is 34.5 Å². The van der Waals surface area contributed by atoms with Crippen molar-refractivity contribution in [2.45, 2.75) is 25.9 Å². The number of benzene rings is 1. The minimum atomic E-state index is -4.38. The normalized spacial score (nSPS) is 14.4. The second-order valence-corrected chi connectivity index (χ2v) is 5.48. The van der Waals surface area contributed by atoms with Gasteiger partial charge in [-0.3, -0.25) is 4.99 Å². The highest BCUT2D eigenvalue weighted by Crippen LogP contribution is 2.27. The molecule has 0 aliphatic carbocycles. The topological polar surface area (TPSA) is 27.6 Å². The Morgan fingerprint density at radius 3 is 2.73 bits per heavy atom. The SMILES string of the molecule is CCCCN1CN=c2ccc(C(F)(F)F)cc2=C1C(=S)NC. The number of nitrogens with one attached hydrogen (secondary N) is 1. The highest BCUT2D eigenvalue weighted by atomic mass is 32.1. The third-order valence-electron chi connectivity index (χ3n) is 3.53. The number of nitrogens with zero attached hydrogens (tertiary/aromatic N) is 2. The number of rotatable bonds is 4. The van der Waals surface area contributed by atoms with Crippen molar-refractivity contribution >= 4 is 22.9 Å². The average molecular weight is 329 g/mol. The molecular formula is C15H18F3N3S. The summed E-state index contributed by atoms with van der Waals surface area (Å²) in [5.41, 5.74) is -0.0581. The molecule has 0 saturated carbocycles. The van der Waals surface area contributed by atoms with E-state index in [1.54, 1.807) is 7.05 Å². The Hall–Kier alpha value is -1.63. The summed E-state index contributed by atoms with van der Waals surface area (Å²) in [6, 6.07) is 3.60. The molecular weight excluding hydrogens is 311 g/mol. The van der Waals surface area contributed by atoms with E-state index >= 15 is 0 Å². The molecule has 22 heavy (non-hydrogen) atoms. The first-order chi connectivity index (χ1) is 10.4. The molecule has 120 valence electrons. The largest absolute Gasteiger partial charge is 0.416 e. The van der Waals surface area contributed by atoms with Crippen molar-refractivity contribution in [1.82, 2.24) is 10.2 Å². The first kappa shape index (κ1) is 16.7. The predicted octanol–water partition coefficient (Wildman–Crippen LogP) is 2.05. The van der Waals surface area contributed by atoms with Crippen LogP contribution in [0.15, 0.2) is 23.2 Å². The van der Waals surface area contributed by atoms with Gasteiger partial charge >= 0.3 is 6.18 Å². The van der Waals surface area contributed by atoms with E-state index in [2.05, 4.69) is 17.2 Å². The van der Waals surface area contributed by atoms with Crippen LogP contribution in [0.1, 0.15) is 25.3 Å². The van der Waals surface area contributed by atoms with Crippen LogP contribution in [0.5, 0.6) is 0 Å². The fourth-order valence-electron chi connectivity index (χ4n) is 2.36. The summed E-state index contributed by atoms with van der Waals surface area (Å²) in [7, 11) is 1.67. The predicted molar refractivity (Wildman–Crippen MR) is 83.8 cm³/mol. The van der Waals surface area contributed by atoms with Crippen LogP contribution >= 0.6 is 12.2 Å². The molecule has 0 unspecified atom stereocenters. The fourth-order valence-corrected chi connectivity index (χ4v) is 2.60. The maximum atomic E-state index is 13.0. The number of alkyl halides is 3. The van der Waals surface area contributed by atoms with Gasteiger partial charge < -0.3 is 10.2 Å². The zero-order valence-electron chi connectivity index (χ0n) is 12.5. The Morgan fingerprint density at radius 2 is 2.14 bits per heavy atom. The molecule has 0 fully saturated rings. The monoisotopic (exact) mass is 329 g/mol. The second-order valence-electron chi connectivity index (χ2n) is 5.07. The van der Waals surface area contributed by atoms with Gasteiger partial charge in [-0.15, -0.1) is 0 Å². The Balaban J connectivity index is 2.64. The van der Waals surface area contributed by atoms with Gasteiger partial charge in [0.05, 0.1) is 16.6 Å². The molecule has 0 bridgehead atoms. The Labute approximate surface area is 132 Å². The summed E-state index contributed by atoms with van der Waals surface area (Å²) >= 11 is 5.30. The summed E-state index contributed by atoms with van der Waals surface area (Å²) in [6.07, 6.45) is -2.46. The maximum Gasteiger partial charge on any atom is 0.416 e. The van der Waals surface area contributed by atoms with E-state index in [9.17, 15) is 13.2 Å². The van der Waals surface area contributed by atoms with Crippen molar-refractivity contribution in [2.24, 2.45) is 4.99 Å². The number of likely N-dealkylation sites (N-methyl/N-ethyl adjacent to an activating group) is 1. The van der Waals surface area contributed by atoms with E-state index < -0.39 is 11.7 Å². The van der Waals surface area contributed by atoms with Gasteiger partial charge in [-0.05, 0) is 24.6 Å². The van der Waals surface area contributed by atoms with Gasteiger partial charge in [0, 0.05) is 18.8 Å². The van der Waals surface area contributed by atoms with Crippen LogP contribution in [0.2, 0.25) is 0 Å². The lowest BCUT2D eigenvalue weighted by atomic mass is 10.1. The van der Waals surface area contributed by atoms with Crippen molar-refractivity contribution in [2.75, 3.05) is 20.3 Å². The van der Waals surface area contributed by atoms with Gasteiger partial charge in [-0.1, -0.05) is 25.6 Å². The van der Waals surface area contributed by atoms with Gasteiger partial charge in [0.1, 0.15) is 11.7 Å². The van der Waals surface area contributed by atoms with Crippen LogP contribution in [-0.2, 0) is 6.18 Å². The lowest BCUT2D eigenvalue weighted by Crippen LogP contribution is -2.45. The molecule has 1 aliphatic heterocycles. The molecule has 1 aliphatic rings. The van der Waals surface area contributed by atoms with Gasteiger partial charge in [-0.2, -0.15) is 13.2 Å². The molecule has 0 atom stereocenters. The van der Waals surface area contributed by atoms with Crippen LogP contribution in [-0.4, -0.2) is 30.1 Å². The Morgan fingerprint density at radius 1 is 1.41 bits per heavy atom. The molecule has 1 N–H and O–H groups in total. The Kier molecular flexibility index (Phi) is 5.05. The lowest BCUT2D eigenvalue weighted by molar-refractivity contribution is -0.137. The minimum absolute atomic E-state index is 0.412. The average Bonchev–Trinajstić information content (AvgIpc) is 2.50. The summed E-state index contributed by atoms with van der Waals surface area (Å²) in [4.78, 5) is 6.74.